The van der Waals surface area contributed by atoms with Crippen LogP contribution in [0.5, 0.6) is 0 Å². The van der Waals surface area contributed by atoms with Crippen molar-refractivity contribution in [2.75, 3.05) is 0 Å². The van der Waals surface area contributed by atoms with Gasteiger partial charge in [-0.05, 0) is 52.0 Å². The molecule has 6 rings (SSSR count). The van der Waals surface area contributed by atoms with E-state index < -0.39 is 16.1 Å². The summed E-state index contributed by atoms with van der Waals surface area (Å²) in [5, 5.41) is 5.75. The van der Waals surface area contributed by atoms with Gasteiger partial charge in [0, 0.05) is 22.2 Å². The van der Waals surface area contributed by atoms with Gasteiger partial charge in [-0.1, -0.05) is 165 Å². The minimum Gasteiger partial charge on any atom is -0.241 e. The summed E-state index contributed by atoms with van der Waals surface area (Å²) in [7, 11) is -1.53. The zero-order chi connectivity index (χ0) is 27.0. The van der Waals surface area contributed by atoms with Gasteiger partial charge in [-0.25, -0.2) is 4.44 Å². The predicted molar refractivity (Wildman–Crippen MR) is 176 cm³/mol. The lowest BCUT2D eigenvalue weighted by atomic mass is 9.81. The van der Waals surface area contributed by atoms with Gasteiger partial charge in [0.1, 0.15) is 0 Å². The topological polar surface area (TPSA) is 3.24 Å². The molecule has 1 nitrogen and oxygen atoms in total. The number of hydrogen-bond acceptors (Lipinski definition) is 1. The Bertz CT molecular complexity index is 1270. The summed E-state index contributed by atoms with van der Waals surface area (Å²) in [5.74, 6) is 0.617. The first kappa shape index (κ1) is 27.1. The Balaban J connectivity index is 1.56. The molecule has 5 aromatic rings. The van der Waals surface area contributed by atoms with Crippen LogP contribution < -0.4 is 21.2 Å². The third kappa shape index (κ3) is 6.29. The standard InChI is InChI=1S/C37H37NP2/c1-6-18-31(19-7-1)30-32-20-16-17-29-37(32)38(39(33-21-8-2-9-22-33)34-23-10-3-11-24-34)40(35-25-12-4-13-26-35)36-27-14-5-15-28-36/h1-15,18-19,21-28,32,37H,16-17,20,29-30H2/t32-,37+/m0/s1. The lowest BCUT2D eigenvalue weighted by molar-refractivity contribution is 0.243. The van der Waals surface area contributed by atoms with Gasteiger partial charge in [-0.15, -0.1) is 0 Å². The summed E-state index contributed by atoms with van der Waals surface area (Å²) in [4.78, 5) is 0. The molecule has 200 valence electrons. The van der Waals surface area contributed by atoms with Crippen molar-refractivity contribution in [3.63, 3.8) is 0 Å². The highest BCUT2D eigenvalue weighted by atomic mass is 31.2. The molecule has 0 unspecified atom stereocenters. The van der Waals surface area contributed by atoms with Crippen molar-refractivity contribution >= 4 is 37.4 Å². The molecule has 0 saturated heterocycles. The number of benzene rings is 5. The van der Waals surface area contributed by atoms with Crippen molar-refractivity contribution in [2.45, 2.75) is 38.1 Å². The maximum atomic E-state index is 3.03. The van der Waals surface area contributed by atoms with Crippen molar-refractivity contribution < 1.29 is 0 Å². The van der Waals surface area contributed by atoms with Gasteiger partial charge in [0.25, 0.3) is 0 Å². The van der Waals surface area contributed by atoms with Crippen LogP contribution in [0.3, 0.4) is 0 Å². The molecule has 1 saturated carbocycles. The first-order valence-electron chi connectivity index (χ1n) is 14.5. The van der Waals surface area contributed by atoms with Crippen molar-refractivity contribution in [3.05, 3.63) is 157 Å². The van der Waals surface area contributed by atoms with E-state index in [2.05, 4.69) is 156 Å². The summed E-state index contributed by atoms with van der Waals surface area (Å²) in [6.45, 7) is 0. The van der Waals surface area contributed by atoms with E-state index in [-0.39, 0.29) is 0 Å². The second-order valence-electron chi connectivity index (χ2n) is 10.6. The SMILES string of the molecule is c1ccc(C[C@@H]2CCCC[C@H]2N(P(c2ccccc2)c2ccccc2)P(c2ccccc2)c2ccccc2)cc1. The fourth-order valence-electron chi connectivity index (χ4n) is 6.08. The summed E-state index contributed by atoms with van der Waals surface area (Å²) < 4.78 is 3.03. The van der Waals surface area contributed by atoms with Gasteiger partial charge < -0.3 is 0 Å². The first-order chi connectivity index (χ1) is 19.9. The molecule has 0 bridgehead atoms. The second kappa shape index (κ2) is 13.5. The highest BCUT2D eigenvalue weighted by Gasteiger charge is 2.40. The van der Waals surface area contributed by atoms with E-state index in [1.807, 2.05) is 0 Å². The Morgan fingerprint density at radius 2 is 0.800 bits per heavy atom. The zero-order valence-corrected chi connectivity index (χ0v) is 24.8. The van der Waals surface area contributed by atoms with Gasteiger partial charge in [-0.2, -0.15) is 0 Å². The smallest absolute Gasteiger partial charge is 0.0325 e. The lowest BCUT2D eigenvalue weighted by Crippen LogP contribution is -2.44. The molecule has 0 heterocycles. The van der Waals surface area contributed by atoms with E-state index in [0.717, 1.165) is 6.42 Å². The molecule has 1 aliphatic carbocycles. The quantitative estimate of drug-likeness (QED) is 0.165. The normalized spacial score (nSPS) is 17.4. The number of nitrogens with zero attached hydrogens (tertiary/aromatic N) is 1. The molecule has 0 aliphatic heterocycles. The van der Waals surface area contributed by atoms with Crippen molar-refractivity contribution in [1.29, 1.82) is 0 Å². The fraction of sp³-hybridized carbons (Fsp3) is 0.189. The molecule has 0 N–H and O–H groups in total. The largest absolute Gasteiger partial charge is 0.241 e. The average molecular weight is 558 g/mol. The van der Waals surface area contributed by atoms with Gasteiger partial charge in [0.05, 0.1) is 0 Å². The highest BCUT2D eigenvalue weighted by molar-refractivity contribution is 7.84. The number of rotatable bonds is 9. The molecule has 0 radical (unpaired) electrons. The molecule has 2 atom stereocenters. The molecular weight excluding hydrogens is 520 g/mol. The van der Waals surface area contributed by atoms with Gasteiger partial charge in [-0.3, -0.25) is 0 Å². The minimum absolute atomic E-state index is 0.493. The maximum Gasteiger partial charge on any atom is 0.0325 e. The number of hydrogen-bond donors (Lipinski definition) is 0. The van der Waals surface area contributed by atoms with E-state index >= 15 is 0 Å². The Morgan fingerprint density at radius 3 is 1.20 bits per heavy atom. The lowest BCUT2D eigenvalue weighted by Gasteiger charge is -2.48. The van der Waals surface area contributed by atoms with E-state index in [1.165, 1.54) is 52.5 Å². The second-order valence-corrected chi connectivity index (χ2v) is 15.1. The molecule has 0 aromatic heterocycles. The van der Waals surface area contributed by atoms with Crippen molar-refractivity contribution in [3.8, 4) is 0 Å². The Labute approximate surface area is 242 Å². The average Bonchev–Trinajstić information content (AvgIpc) is 3.04. The summed E-state index contributed by atoms with van der Waals surface area (Å²) in [5.41, 5.74) is 1.46. The predicted octanol–water partition coefficient (Wildman–Crippen LogP) is 8.19. The van der Waals surface area contributed by atoms with Crippen LogP contribution in [0.2, 0.25) is 0 Å². The van der Waals surface area contributed by atoms with Crippen LogP contribution >= 0.6 is 16.1 Å². The fourth-order valence-corrected chi connectivity index (χ4v) is 12.6. The molecule has 0 spiro atoms. The van der Waals surface area contributed by atoms with Crippen LogP contribution in [-0.4, -0.2) is 10.5 Å². The zero-order valence-electron chi connectivity index (χ0n) is 23.0. The van der Waals surface area contributed by atoms with Crippen molar-refractivity contribution in [2.24, 2.45) is 5.92 Å². The summed E-state index contributed by atoms with van der Waals surface area (Å²) in [6.07, 6.45) is 6.29. The third-order valence-electron chi connectivity index (χ3n) is 7.92. The molecule has 0 amide bonds. The maximum absolute atomic E-state index is 3.03. The van der Waals surface area contributed by atoms with Gasteiger partial charge in [0.2, 0.25) is 0 Å². The third-order valence-corrected chi connectivity index (χ3v) is 13.6. The monoisotopic (exact) mass is 557 g/mol. The van der Waals surface area contributed by atoms with Crippen LogP contribution in [0.1, 0.15) is 31.2 Å². The van der Waals surface area contributed by atoms with E-state index in [4.69, 9.17) is 0 Å². The van der Waals surface area contributed by atoms with Crippen LogP contribution in [0, 0.1) is 5.92 Å². The van der Waals surface area contributed by atoms with Gasteiger partial charge in [0.15, 0.2) is 0 Å². The van der Waals surface area contributed by atoms with Crippen molar-refractivity contribution in [1.82, 2.24) is 4.44 Å². The van der Waals surface area contributed by atoms with Crippen LogP contribution in [0.4, 0.5) is 0 Å². The van der Waals surface area contributed by atoms with E-state index in [9.17, 15) is 0 Å². The van der Waals surface area contributed by atoms with Gasteiger partial charge >= 0.3 is 0 Å². The Morgan fingerprint density at radius 1 is 0.450 bits per heavy atom. The summed E-state index contributed by atoms with van der Waals surface area (Å²) >= 11 is 0. The van der Waals surface area contributed by atoms with Crippen LogP contribution in [-0.2, 0) is 6.42 Å². The molecule has 40 heavy (non-hydrogen) atoms. The summed E-state index contributed by atoms with van der Waals surface area (Å²) in [6, 6.07) is 57.0. The van der Waals surface area contributed by atoms with Crippen LogP contribution in [0.15, 0.2) is 152 Å². The molecule has 1 aliphatic rings. The molecular formula is C37H37NP2. The van der Waals surface area contributed by atoms with E-state index in [1.54, 1.807) is 0 Å². The molecule has 5 aromatic carbocycles. The Kier molecular flexibility index (Phi) is 9.16. The Hall–Kier alpha value is -3.08. The first-order valence-corrected chi connectivity index (χ1v) is 17.1. The van der Waals surface area contributed by atoms with Crippen LogP contribution in [0.25, 0.3) is 0 Å². The highest BCUT2D eigenvalue weighted by Crippen LogP contribution is 2.58. The molecule has 3 heteroatoms. The van der Waals surface area contributed by atoms with E-state index in [0.29, 0.717) is 12.0 Å². The molecule has 1 fully saturated rings. The minimum atomic E-state index is -0.763.